The number of benzene rings is 2. The van der Waals surface area contributed by atoms with E-state index in [1.54, 1.807) is 0 Å². The van der Waals surface area contributed by atoms with Crippen molar-refractivity contribution in [3.8, 4) is 0 Å². The molecular formula is C20H17BrF4N2O2. The molecule has 0 aromatic heterocycles. The van der Waals surface area contributed by atoms with E-state index in [4.69, 9.17) is 4.74 Å². The van der Waals surface area contributed by atoms with E-state index in [1.807, 2.05) is 0 Å². The van der Waals surface area contributed by atoms with Crippen LogP contribution in [0.25, 0.3) is 0 Å². The number of nitrogens with zero attached hydrogens (tertiary/aromatic N) is 1. The second kappa shape index (κ2) is 8.25. The molecule has 3 atom stereocenters. The first kappa shape index (κ1) is 21.5. The van der Waals surface area contributed by atoms with Crippen LogP contribution in [0, 0.1) is 23.3 Å². The Balaban J connectivity index is 1.89. The number of halogens is 5. The number of anilines is 1. The molecule has 2 aromatic carbocycles. The van der Waals surface area contributed by atoms with Crippen LogP contribution < -0.4 is 10.2 Å². The molecule has 3 rings (SSSR count). The summed E-state index contributed by atoms with van der Waals surface area (Å²) < 4.78 is 59.6. The van der Waals surface area contributed by atoms with Crippen molar-refractivity contribution >= 4 is 27.5 Å². The average molecular weight is 473 g/mol. The monoisotopic (exact) mass is 472 g/mol. The molecule has 0 saturated carbocycles. The van der Waals surface area contributed by atoms with E-state index in [9.17, 15) is 22.4 Å². The van der Waals surface area contributed by atoms with Gasteiger partial charge in [-0.2, -0.15) is 0 Å². The number of carbonyl (C=O) groups is 1. The van der Waals surface area contributed by atoms with Gasteiger partial charge in [-0.3, -0.25) is 15.0 Å². The molecule has 1 saturated heterocycles. The third kappa shape index (κ3) is 3.94. The summed E-state index contributed by atoms with van der Waals surface area (Å²) in [4.78, 5) is 14.1. The third-order valence-corrected chi connectivity index (χ3v) is 5.68. The van der Waals surface area contributed by atoms with Crippen LogP contribution in [0.15, 0.2) is 49.1 Å². The molecule has 3 unspecified atom stereocenters. The van der Waals surface area contributed by atoms with Crippen molar-refractivity contribution in [3.05, 3.63) is 77.9 Å². The summed E-state index contributed by atoms with van der Waals surface area (Å²) in [5.74, 6) is -4.05. The lowest BCUT2D eigenvalue weighted by Crippen LogP contribution is -2.69. The van der Waals surface area contributed by atoms with Crippen LogP contribution in [0.2, 0.25) is 0 Å². The molecule has 0 aliphatic carbocycles. The fourth-order valence-corrected chi connectivity index (χ4v) is 3.53. The van der Waals surface area contributed by atoms with Crippen LogP contribution in [0.4, 0.5) is 23.2 Å². The zero-order valence-electron chi connectivity index (χ0n) is 15.3. The Morgan fingerprint density at radius 2 is 1.86 bits per heavy atom. The van der Waals surface area contributed by atoms with Gasteiger partial charge in [-0.05, 0) is 25.1 Å². The van der Waals surface area contributed by atoms with Gasteiger partial charge in [-0.25, -0.2) is 17.6 Å². The van der Waals surface area contributed by atoms with Crippen molar-refractivity contribution in [2.75, 3.05) is 4.90 Å². The van der Waals surface area contributed by atoms with Crippen LogP contribution in [0.5, 0.6) is 0 Å². The highest BCUT2D eigenvalue weighted by atomic mass is 79.9. The summed E-state index contributed by atoms with van der Waals surface area (Å²) in [6.07, 6.45) is -0.674. The number of hydrogen-bond acceptors (Lipinski definition) is 3. The number of amides is 1. The number of ether oxygens (including phenoxy) is 1. The van der Waals surface area contributed by atoms with Gasteiger partial charge in [-0.15, -0.1) is 6.58 Å². The lowest BCUT2D eigenvalue weighted by atomic mass is 10.0. The summed E-state index contributed by atoms with van der Waals surface area (Å²) in [6, 6.07) is 6.31. The molecule has 4 nitrogen and oxygen atoms in total. The molecular weight excluding hydrogens is 456 g/mol. The second-order valence-electron chi connectivity index (χ2n) is 6.49. The van der Waals surface area contributed by atoms with Crippen LogP contribution in [-0.4, -0.2) is 22.6 Å². The standard InChI is InChI=1S/C20H17BrF4N2O2/c1-3-20(21)18(29-10-12-7-8-13(22)9-16(12)25)26-11(2)27(19(20)28)17-14(23)5-4-6-15(17)24/h3-9,11,18,26H,1,10H2,2H3. The number of hydrogen-bond donors (Lipinski definition) is 1. The molecule has 9 heteroatoms. The van der Waals surface area contributed by atoms with Gasteiger partial charge in [0.25, 0.3) is 5.91 Å². The van der Waals surface area contributed by atoms with E-state index in [0.717, 1.165) is 29.2 Å². The van der Waals surface area contributed by atoms with E-state index in [1.165, 1.54) is 25.1 Å². The first-order chi connectivity index (χ1) is 13.7. The Morgan fingerprint density at radius 3 is 2.45 bits per heavy atom. The summed E-state index contributed by atoms with van der Waals surface area (Å²) in [7, 11) is 0. The summed E-state index contributed by atoms with van der Waals surface area (Å²) in [5.41, 5.74) is -0.430. The highest BCUT2D eigenvalue weighted by Crippen LogP contribution is 2.37. The van der Waals surface area contributed by atoms with Crippen molar-refractivity contribution in [2.24, 2.45) is 0 Å². The lowest BCUT2D eigenvalue weighted by Gasteiger charge is -2.46. The summed E-state index contributed by atoms with van der Waals surface area (Å²) >= 11 is 3.25. The van der Waals surface area contributed by atoms with Crippen molar-refractivity contribution < 1.29 is 27.1 Å². The molecule has 0 spiro atoms. The molecule has 29 heavy (non-hydrogen) atoms. The topological polar surface area (TPSA) is 41.6 Å². The highest BCUT2D eigenvalue weighted by Gasteiger charge is 2.51. The van der Waals surface area contributed by atoms with Gasteiger partial charge in [0, 0.05) is 11.6 Å². The normalized spacial score (nSPS) is 24.6. The van der Waals surface area contributed by atoms with Crippen LogP contribution in [0.1, 0.15) is 12.5 Å². The van der Waals surface area contributed by atoms with Gasteiger partial charge in [0.05, 0.1) is 12.8 Å². The quantitative estimate of drug-likeness (QED) is 0.398. The predicted molar refractivity (Wildman–Crippen MR) is 103 cm³/mol. The average Bonchev–Trinajstić information content (AvgIpc) is 2.67. The van der Waals surface area contributed by atoms with Gasteiger partial charge in [-0.1, -0.05) is 34.1 Å². The van der Waals surface area contributed by atoms with Gasteiger partial charge in [0.15, 0.2) is 4.32 Å². The summed E-state index contributed by atoms with van der Waals surface area (Å²) in [5, 5.41) is 2.93. The third-order valence-electron chi connectivity index (χ3n) is 4.60. The van der Waals surface area contributed by atoms with Crippen LogP contribution >= 0.6 is 15.9 Å². The second-order valence-corrected chi connectivity index (χ2v) is 7.80. The van der Waals surface area contributed by atoms with E-state index >= 15 is 0 Å². The van der Waals surface area contributed by atoms with Gasteiger partial charge < -0.3 is 4.74 Å². The molecule has 1 N–H and O–H groups in total. The Kier molecular flexibility index (Phi) is 6.11. The fraction of sp³-hybridized carbons (Fsp3) is 0.250. The van der Waals surface area contributed by atoms with Crippen molar-refractivity contribution in [1.82, 2.24) is 5.32 Å². The molecule has 0 radical (unpaired) electrons. The van der Waals surface area contributed by atoms with E-state index in [0.29, 0.717) is 0 Å². The molecule has 2 aromatic rings. The Hall–Kier alpha value is -2.23. The number of nitrogens with one attached hydrogen (secondary N) is 1. The number of carbonyl (C=O) groups excluding carboxylic acids is 1. The Bertz CT molecular complexity index is 938. The first-order valence-corrected chi connectivity index (χ1v) is 9.40. The van der Waals surface area contributed by atoms with Gasteiger partial charge in [0.1, 0.15) is 35.2 Å². The minimum Gasteiger partial charge on any atom is -0.356 e. The minimum absolute atomic E-state index is 0.0785. The molecule has 1 amide bonds. The largest absolute Gasteiger partial charge is 0.356 e. The van der Waals surface area contributed by atoms with E-state index < -0.39 is 51.6 Å². The molecule has 154 valence electrons. The lowest BCUT2D eigenvalue weighted by molar-refractivity contribution is -0.129. The number of rotatable bonds is 5. The maximum Gasteiger partial charge on any atom is 0.253 e. The SMILES string of the molecule is C=CC1(Br)C(=O)N(c2c(F)cccc2F)C(C)NC1OCc1ccc(F)cc1F. The zero-order chi connectivity index (χ0) is 21.3. The minimum atomic E-state index is -1.59. The first-order valence-electron chi connectivity index (χ1n) is 8.60. The van der Waals surface area contributed by atoms with Crippen molar-refractivity contribution in [1.29, 1.82) is 0 Å². The maximum atomic E-state index is 14.3. The molecule has 1 heterocycles. The molecule has 1 aliphatic heterocycles. The summed E-state index contributed by atoms with van der Waals surface area (Å²) in [6.45, 7) is 4.86. The fourth-order valence-electron chi connectivity index (χ4n) is 3.08. The highest BCUT2D eigenvalue weighted by molar-refractivity contribution is 9.10. The van der Waals surface area contributed by atoms with Crippen LogP contribution in [0.3, 0.4) is 0 Å². The smallest absolute Gasteiger partial charge is 0.253 e. The molecule has 1 aliphatic rings. The number of alkyl halides is 1. The molecule has 1 fully saturated rings. The van der Waals surface area contributed by atoms with Gasteiger partial charge >= 0.3 is 0 Å². The Morgan fingerprint density at radius 1 is 1.21 bits per heavy atom. The zero-order valence-corrected chi connectivity index (χ0v) is 16.8. The maximum absolute atomic E-state index is 14.3. The van der Waals surface area contributed by atoms with Crippen molar-refractivity contribution in [3.63, 3.8) is 0 Å². The van der Waals surface area contributed by atoms with Crippen LogP contribution in [-0.2, 0) is 16.1 Å². The van der Waals surface area contributed by atoms with E-state index in [-0.39, 0.29) is 12.2 Å². The Labute approximate surface area is 173 Å². The van der Waals surface area contributed by atoms with E-state index in [2.05, 4.69) is 27.8 Å². The molecule has 0 bridgehead atoms. The van der Waals surface area contributed by atoms with Gasteiger partial charge in [0.2, 0.25) is 0 Å². The number of para-hydroxylation sites is 1. The van der Waals surface area contributed by atoms with Crippen molar-refractivity contribution in [2.45, 2.75) is 30.2 Å². The predicted octanol–water partition coefficient (Wildman–Crippen LogP) is 4.39.